The van der Waals surface area contributed by atoms with E-state index in [2.05, 4.69) is 4.90 Å². The van der Waals surface area contributed by atoms with Crippen molar-refractivity contribution in [3.63, 3.8) is 0 Å². The van der Waals surface area contributed by atoms with Crippen molar-refractivity contribution in [2.75, 3.05) is 13.1 Å². The zero-order valence-corrected chi connectivity index (χ0v) is 12.2. The van der Waals surface area contributed by atoms with E-state index in [9.17, 15) is 18.7 Å². The van der Waals surface area contributed by atoms with Gasteiger partial charge < -0.3 is 5.11 Å². The summed E-state index contributed by atoms with van der Waals surface area (Å²) in [5, 5.41) is 9.36. The lowest BCUT2D eigenvalue weighted by Crippen LogP contribution is -2.43. The molecule has 0 aliphatic carbocycles. The number of carboxylic acid groups (broad SMARTS) is 1. The van der Waals surface area contributed by atoms with Gasteiger partial charge in [-0.1, -0.05) is 31.2 Å². The number of alkyl halides is 2. The maximum absolute atomic E-state index is 12.5. The van der Waals surface area contributed by atoms with Gasteiger partial charge in [0.05, 0.1) is 5.41 Å². The summed E-state index contributed by atoms with van der Waals surface area (Å²) >= 11 is 0. The smallest absolute Gasteiger partial charge is 0.309 e. The van der Waals surface area contributed by atoms with Gasteiger partial charge in [0.25, 0.3) is 6.43 Å². The fourth-order valence-electron chi connectivity index (χ4n) is 2.88. The number of carboxylic acids is 1. The molecule has 1 heterocycles. The van der Waals surface area contributed by atoms with Gasteiger partial charge in [-0.05, 0) is 37.9 Å². The second-order valence-corrected chi connectivity index (χ2v) is 5.76. The highest BCUT2D eigenvalue weighted by molar-refractivity contribution is 5.74. The van der Waals surface area contributed by atoms with E-state index in [0.29, 0.717) is 25.8 Å². The number of hydrogen-bond donors (Lipinski definition) is 1. The molecule has 1 fully saturated rings. The van der Waals surface area contributed by atoms with Gasteiger partial charge in [0.2, 0.25) is 0 Å². The number of nitrogens with zero attached hydrogens (tertiary/aromatic N) is 1. The van der Waals surface area contributed by atoms with Gasteiger partial charge in [-0.2, -0.15) is 0 Å². The first kappa shape index (κ1) is 15.9. The molecule has 1 aliphatic rings. The highest BCUT2D eigenvalue weighted by Crippen LogP contribution is 2.35. The molecule has 0 bridgehead atoms. The quantitative estimate of drug-likeness (QED) is 0.901. The van der Waals surface area contributed by atoms with Crippen molar-refractivity contribution >= 4 is 5.97 Å². The van der Waals surface area contributed by atoms with Crippen LogP contribution >= 0.6 is 0 Å². The zero-order valence-electron chi connectivity index (χ0n) is 12.2. The van der Waals surface area contributed by atoms with Crippen molar-refractivity contribution in [3.05, 3.63) is 35.4 Å². The molecule has 1 aliphatic heterocycles. The minimum Gasteiger partial charge on any atom is -0.481 e. The Kier molecular flexibility index (Phi) is 4.93. The first-order valence-corrected chi connectivity index (χ1v) is 7.29. The zero-order chi connectivity index (χ0) is 15.5. The predicted octanol–water partition coefficient (Wildman–Crippen LogP) is 3.70. The summed E-state index contributed by atoms with van der Waals surface area (Å²) in [6.45, 7) is 4.07. The van der Waals surface area contributed by atoms with Gasteiger partial charge >= 0.3 is 5.97 Å². The third kappa shape index (κ3) is 3.59. The maximum Gasteiger partial charge on any atom is 0.309 e. The van der Waals surface area contributed by atoms with Gasteiger partial charge in [-0.15, -0.1) is 0 Å². The molecule has 1 N–H and O–H groups in total. The Morgan fingerprint density at radius 2 is 1.86 bits per heavy atom. The molecule has 2 rings (SSSR count). The van der Waals surface area contributed by atoms with E-state index in [-0.39, 0.29) is 5.56 Å². The fourth-order valence-corrected chi connectivity index (χ4v) is 2.88. The summed E-state index contributed by atoms with van der Waals surface area (Å²) < 4.78 is 25.0. The standard InChI is InChI=1S/C16H21F2NO2/c1-2-16(15(20)21)7-9-19(10-8-16)11-12-3-5-13(6-4-12)14(17)18/h3-6,14H,2,7-11H2,1H3,(H,20,21). The number of aliphatic carboxylic acids is 1. The molecule has 21 heavy (non-hydrogen) atoms. The van der Waals surface area contributed by atoms with Crippen LogP contribution in [-0.2, 0) is 11.3 Å². The molecular weight excluding hydrogens is 276 g/mol. The number of benzene rings is 1. The molecular formula is C16H21F2NO2. The molecule has 0 spiro atoms. The monoisotopic (exact) mass is 297 g/mol. The molecule has 0 atom stereocenters. The van der Waals surface area contributed by atoms with Crippen molar-refractivity contribution < 1.29 is 18.7 Å². The molecule has 0 radical (unpaired) electrons. The number of piperidine rings is 1. The highest BCUT2D eigenvalue weighted by Gasteiger charge is 2.39. The number of hydrogen-bond acceptors (Lipinski definition) is 2. The number of halogens is 2. The van der Waals surface area contributed by atoms with E-state index >= 15 is 0 Å². The second kappa shape index (κ2) is 6.52. The van der Waals surface area contributed by atoms with Gasteiger partial charge in [0, 0.05) is 12.1 Å². The number of carbonyl (C=O) groups is 1. The van der Waals surface area contributed by atoms with E-state index in [1.807, 2.05) is 6.92 Å². The maximum atomic E-state index is 12.5. The second-order valence-electron chi connectivity index (χ2n) is 5.76. The molecule has 1 aromatic carbocycles. The fraction of sp³-hybridized carbons (Fsp3) is 0.562. The van der Waals surface area contributed by atoms with Crippen LogP contribution in [0, 0.1) is 5.41 Å². The van der Waals surface area contributed by atoms with Crippen LogP contribution in [-0.4, -0.2) is 29.1 Å². The Hall–Kier alpha value is -1.49. The van der Waals surface area contributed by atoms with E-state index < -0.39 is 17.8 Å². The molecule has 1 saturated heterocycles. The van der Waals surface area contributed by atoms with Crippen LogP contribution in [0.15, 0.2) is 24.3 Å². The average molecular weight is 297 g/mol. The molecule has 116 valence electrons. The van der Waals surface area contributed by atoms with E-state index in [4.69, 9.17) is 0 Å². The van der Waals surface area contributed by atoms with Crippen LogP contribution in [0.25, 0.3) is 0 Å². The van der Waals surface area contributed by atoms with Crippen LogP contribution in [0.1, 0.15) is 43.7 Å². The minimum atomic E-state index is -2.44. The average Bonchev–Trinajstić information content (AvgIpc) is 2.48. The highest BCUT2D eigenvalue weighted by atomic mass is 19.3. The summed E-state index contributed by atoms with van der Waals surface area (Å²) in [5.74, 6) is -0.703. The predicted molar refractivity (Wildman–Crippen MR) is 76.3 cm³/mol. The minimum absolute atomic E-state index is 0.0354. The van der Waals surface area contributed by atoms with Crippen molar-refractivity contribution in [3.8, 4) is 0 Å². The number of likely N-dealkylation sites (tertiary alicyclic amines) is 1. The Balaban J connectivity index is 1.93. The van der Waals surface area contributed by atoms with Gasteiger partial charge in [-0.25, -0.2) is 8.78 Å². The molecule has 0 unspecified atom stereocenters. The van der Waals surface area contributed by atoms with Crippen molar-refractivity contribution in [1.29, 1.82) is 0 Å². The lowest BCUT2D eigenvalue weighted by atomic mass is 9.76. The molecule has 3 nitrogen and oxygen atoms in total. The molecule has 0 aromatic heterocycles. The van der Waals surface area contributed by atoms with Crippen LogP contribution in [0.4, 0.5) is 8.78 Å². The lowest BCUT2D eigenvalue weighted by molar-refractivity contribution is -0.152. The van der Waals surface area contributed by atoms with Crippen LogP contribution in [0.2, 0.25) is 0 Å². The molecule has 1 aromatic rings. The van der Waals surface area contributed by atoms with Crippen molar-refractivity contribution in [2.45, 2.75) is 39.2 Å². The first-order valence-electron chi connectivity index (χ1n) is 7.29. The largest absolute Gasteiger partial charge is 0.481 e. The Bertz CT molecular complexity index is 480. The lowest BCUT2D eigenvalue weighted by Gasteiger charge is -2.38. The third-order valence-electron chi connectivity index (χ3n) is 4.58. The molecule has 5 heteroatoms. The Labute approximate surface area is 123 Å². The van der Waals surface area contributed by atoms with Gasteiger partial charge in [0.15, 0.2) is 0 Å². The van der Waals surface area contributed by atoms with Crippen LogP contribution < -0.4 is 0 Å². The summed E-state index contributed by atoms with van der Waals surface area (Å²) in [6, 6.07) is 6.36. The van der Waals surface area contributed by atoms with E-state index in [1.54, 1.807) is 12.1 Å². The molecule has 0 saturated carbocycles. The summed E-state index contributed by atoms with van der Waals surface area (Å²) in [5.41, 5.74) is 0.433. The van der Waals surface area contributed by atoms with Crippen LogP contribution in [0.5, 0.6) is 0 Å². The van der Waals surface area contributed by atoms with E-state index in [1.165, 1.54) is 12.1 Å². The summed E-state index contributed by atoms with van der Waals surface area (Å²) in [7, 11) is 0. The Morgan fingerprint density at radius 3 is 2.29 bits per heavy atom. The topological polar surface area (TPSA) is 40.5 Å². The molecule has 0 amide bonds. The number of rotatable bonds is 5. The first-order chi connectivity index (χ1) is 9.97. The van der Waals surface area contributed by atoms with Crippen molar-refractivity contribution in [1.82, 2.24) is 4.90 Å². The van der Waals surface area contributed by atoms with Gasteiger partial charge in [-0.3, -0.25) is 9.69 Å². The third-order valence-corrected chi connectivity index (χ3v) is 4.58. The Morgan fingerprint density at radius 1 is 1.29 bits per heavy atom. The van der Waals surface area contributed by atoms with E-state index in [0.717, 1.165) is 18.7 Å². The van der Waals surface area contributed by atoms with Crippen LogP contribution in [0.3, 0.4) is 0 Å². The summed E-state index contributed by atoms with van der Waals surface area (Å²) in [4.78, 5) is 13.6. The van der Waals surface area contributed by atoms with Crippen molar-refractivity contribution in [2.24, 2.45) is 5.41 Å². The van der Waals surface area contributed by atoms with Gasteiger partial charge in [0.1, 0.15) is 0 Å². The normalized spacial score (nSPS) is 18.9. The summed E-state index contributed by atoms with van der Waals surface area (Å²) in [6.07, 6.45) is -0.490. The SMILES string of the molecule is CCC1(C(=O)O)CCN(Cc2ccc(C(F)F)cc2)CC1.